The van der Waals surface area contributed by atoms with Gasteiger partial charge in [-0.05, 0) is 49.4 Å². The first-order chi connectivity index (χ1) is 17.9. The third-order valence-electron chi connectivity index (χ3n) is 7.25. The number of para-hydroxylation sites is 1. The number of nitrogens with zero attached hydrogens (tertiary/aromatic N) is 1. The molecule has 0 bridgehead atoms. The molecule has 2 aromatic carbocycles. The van der Waals surface area contributed by atoms with Crippen molar-refractivity contribution in [3.63, 3.8) is 0 Å². The molecule has 1 fully saturated rings. The molecule has 0 N–H and O–H groups in total. The summed E-state index contributed by atoms with van der Waals surface area (Å²) in [7, 11) is 4.56. The maximum Gasteiger partial charge on any atom is 0.336 e. The van der Waals surface area contributed by atoms with Crippen molar-refractivity contribution < 1.29 is 28.5 Å². The van der Waals surface area contributed by atoms with Crippen molar-refractivity contribution in [2.24, 2.45) is 10.9 Å². The summed E-state index contributed by atoms with van der Waals surface area (Å²) in [4.78, 5) is 31.7. The Labute approximate surface area is 218 Å². The topological polar surface area (TPSA) is 83.4 Å². The number of carbonyl (C=O) groups excluding carboxylic acids is 2. The number of hydrogen-bond donors (Lipinski definition) is 0. The van der Waals surface area contributed by atoms with Crippen molar-refractivity contribution in [3.05, 3.63) is 64.9 Å². The van der Waals surface area contributed by atoms with Crippen LogP contribution in [0.1, 0.15) is 62.5 Å². The summed E-state index contributed by atoms with van der Waals surface area (Å²) >= 11 is 0. The van der Waals surface area contributed by atoms with Crippen LogP contribution in [0.15, 0.2) is 58.7 Å². The second kappa shape index (κ2) is 11.6. The minimum atomic E-state index is -0.551. The second-order valence-electron chi connectivity index (χ2n) is 9.47. The number of fused-ring (bicyclic) bond motifs is 1. The van der Waals surface area contributed by atoms with Crippen molar-refractivity contribution in [1.29, 1.82) is 0 Å². The Morgan fingerprint density at radius 2 is 1.73 bits per heavy atom. The molecule has 7 heteroatoms. The van der Waals surface area contributed by atoms with Crippen molar-refractivity contribution >= 4 is 17.5 Å². The SMILES string of the molecule is CCCCOc1ccccc1[C@H]1C(C(=O)OC)=C(C)N=C2C[C@H](c3ccc(OC)c(OC)c3)CC(=O)C21. The zero-order chi connectivity index (χ0) is 26.5. The van der Waals surface area contributed by atoms with Gasteiger partial charge in [0.15, 0.2) is 11.5 Å². The summed E-state index contributed by atoms with van der Waals surface area (Å²) in [5.74, 6) is 0.415. The standard InChI is InChI=1S/C30H35NO6/c1-6-7-14-37-24-11-9-8-10-21(24)28-27(30(33)36-5)18(2)31-22-15-20(16-23(32)29(22)28)19-12-13-25(34-3)26(17-19)35-4/h8-13,17,20,28-29H,6-7,14-16H2,1-5H3/t20-,28-,29?/m0/s1. The molecule has 4 rings (SSSR count). The number of unbranched alkanes of at least 4 members (excludes halogenated alkanes) is 1. The normalized spacial score (nSPS) is 21.2. The number of Topliss-reactive ketones (excluding diaryl/α,β-unsaturated/α-hetero) is 1. The number of benzene rings is 2. The van der Waals surface area contributed by atoms with Crippen LogP contribution in [0.2, 0.25) is 0 Å². The molecule has 0 aromatic heterocycles. The lowest BCUT2D eigenvalue weighted by Crippen LogP contribution is -2.41. The molecule has 2 aromatic rings. The average Bonchev–Trinajstić information content (AvgIpc) is 2.91. The largest absolute Gasteiger partial charge is 0.493 e. The summed E-state index contributed by atoms with van der Waals surface area (Å²) < 4.78 is 22.2. The predicted molar refractivity (Wildman–Crippen MR) is 142 cm³/mol. The van der Waals surface area contributed by atoms with Gasteiger partial charge in [-0.15, -0.1) is 0 Å². The van der Waals surface area contributed by atoms with E-state index < -0.39 is 17.8 Å². The minimum absolute atomic E-state index is 0.0482. The van der Waals surface area contributed by atoms with Crippen molar-refractivity contribution in [2.45, 2.75) is 51.4 Å². The van der Waals surface area contributed by atoms with Gasteiger partial charge in [-0.25, -0.2) is 4.79 Å². The number of hydrogen-bond acceptors (Lipinski definition) is 7. The van der Waals surface area contributed by atoms with E-state index in [1.807, 2.05) is 49.4 Å². The number of esters is 1. The molecule has 1 unspecified atom stereocenters. The van der Waals surface area contributed by atoms with Gasteiger partial charge < -0.3 is 18.9 Å². The first kappa shape index (κ1) is 26.5. The van der Waals surface area contributed by atoms with Crippen LogP contribution in [0, 0.1) is 5.92 Å². The Morgan fingerprint density at radius 1 is 0.973 bits per heavy atom. The van der Waals surface area contributed by atoms with Crippen LogP contribution >= 0.6 is 0 Å². The first-order valence-corrected chi connectivity index (χ1v) is 12.8. The minimum Gasteiger partial charge on any atom is -0.493 e. The monoisotopic (exact) mass is 505 g/mol. The molecule has 1 aliphatic carbocycles. The molecular weight excluding hydrogens is 470 g/mol. The van der Waals surface area contributed by atoms with Crippen LogP contribution < -0.4 is 14.2 Å². The van der Waals surface area contributed by atoms with E-state index in [0.29, 0.717) is 48.0 Å². The maximum atomic E-state index is 13.9. The lowest BCUT2D eigenvalue weighted by atomic mass is 9.66. The summed E-state index contributed by atoms with van der Waals surface area (Å²) in [5.41, 5.74) is 3.59. The molecule has 1 heterocycles. The van der Waals surface area contributed by atoms with Crippen molar-refractivity contribution in [1.82, 2.24) is 0 Å². The summed E-state index contributed by atoms with van der Waals surface area (Å²) in [5, 5.41) is 0. The van der Waals surface area contributed by atoms with Crippen LogP contribution in [0.5, 0.6) is 17.2 Å². The van der Waals surface area contributed by atoms with Gasteiger partial charge in [0.05, 0.1) is 39.4 Å². The van der Waals surface area contributed by atoms with E-state index in [-0.39, 0.29) is 11.7 Å². The Hall–Kier alpha value is -3.61. The van der Waals surface area contributed by atoms with Gasteiger partial charge >= 0.3 is 5.97 Å². The number of aliphatic imine (C=N–C) groups is 1. The molecule has 0 amide bonds. The van der Waals surface area contributed by atoms with Gasteiger partial charge in [-0.1, -0.05) is 37.6 Å². The number of rotatable bonds is 9. The van der Waals surface area contributed by atoms with Gasteiger partial charge in [0.25, 0.3) is 0 Å². The third kappa shape index (κ3) is 5.26. The second-order valence-corrected chi connectivity index (χ2v) is 9.47. The fourth-order valence-corrected chi connectivity index (χ4v) is 5.43. The number of carbonyl (C=O) groups is 2. The highest BCUT2D eigenvalue weighted by atomic mass is 16.5. The van der Waals surface area contributed by atoms with E-state index >= 15 is 0 Å². The molecule has 3 atom stereocenters. The number of ketones is 1. The lowest BCUT2D eigenvalue weighted by Gasteiger charge is -2.38. The molecule has 0 saturated heterocycles. The molecule has 2 aliphatic rings. The van der Waals surface area contributed by atoms with Gasteiger partial charge in [-0.2, -0.15) is 0 Å². The van der Waals surface area contributed by atoms with Crippen LogP contribution in [0.4, 0.5) is 0 Å². The summed E-state index contributed by atoms with van der Waals surface area (Å²) in [6.07, 6.45) is 2.86. The van der Waals surface area contributed by atoms with Crippen LogP contribution in [-0.2, 0) is 14.3 Å². The average molecular weight is 506 g/mol. The highest BCUT2D eigenvalue weighted by molar-refractivity contribution is 6.12. The van der Waals surface area contributed by atoms with E-state index in [2.05, 4.69) is 6.92 Å². The zero-order valence-electron chi connectivity index (χ0n) is 22.2. The number of methoxy groups -OCH3 is 3. The molecule has 1 saturated carbocycles. The van der Waals surface area contributed by atoms with Crippen LogP contribution in [0.25, 0.3) is 0 Å². The quantitative estimate of drug-likeness (QED) is 0.324. The van der Waals surface area contributed by atoms with E-state index in [0.717, 1.165) is 29.7 Å². The fourth-order valence-electron chi connectivity index (χ4n) is 5.43. The van der Waals surface area contributed by atoms with E-state index in [1.165, 1.54) is 7.11 Å². The number of ether oxygens (including phenoxy) is 4. The summed E-state index contributed by atoms with van der Waals surface area (Å²) in [6, 6.07) is 13.4. The molecule has 196 valence electrons. The maximum absolute atomic E-state index is 13.9. The Morgan fingerprint density at radius 3 is 2.43 bits per heavy atom. The molecule has 0 spiro atoms. The smallest absolute Gasteiger partial charge is 0.336 e. The van der Waals surface area contributed by atoms with E-state index in [1.54, 1.807) is 14.2 Å². The Balaban J connectivity index is 1.76. The van der Waals surface area contributed by atoms with Crippen molar-refractivity contribution in [3.8, 4) is 17.2 Å². The highest BCUT2D eigenvalue weighted by Gasteiger charge is 2.46. The molecule has 7 nitrogen and oxygen atoms in total. The molecule has 37 heavy (non-hydrogen) atoms. The van der Waals surface area contributed by atoms with Gasteiger partial charge in [0.2, 0.25) is 0 Å². The van der Waals surface area contributed by atoms with Crippen LogP contribution in [-0.4, -0.2) is 45.4 Å². The highest BCUT2D eigenvalue weighted by Crippen LogP contribution is 2.48. The fraction of sp³-hybridized carbons (Fsp3) is 0.433. The third-order valence-corrected chi connectivity index (χ3v) is 7.25. The van der Waals surface area contributed by atoms with E-state index in [9.17, 15) is 9.59 Å². The van der Waals surface area contributed by atoms with E-state index in [4.69, 9.17) is 23.9 Å². The lowest BCUT2D eigenvalue weighted by molar-refractivity contribution is -0.136. The zero-order valence-corrected chi connectivity index (χ0v) is 22.2. The molecule has 0 radical (unpaired) electrons. The summed E-state index contributed by atoms with van der Waals surface area (Å²) in [6.45, 7) is 4.49. The Bertz CT molecular complexity index is 1230. The Kier molecular flexibility index (Phi) is 8.31. The molecular formula is C30H35NO6. The van der Waals surface area contributed by atoms with Gasteiger partial charge in [-0.3, -0.25) is 9.79 Å². The molecule has 1 aliphatic heterocycles. The predicted octanol–water partition coefficient (Wildman–Crippen LogP) is 5.63. The van der Waals surface area contributed by atoms with Gasteiger partial charge in [0.1, 0.15) is 11.5 Å². The van der Waals surface area contributed by atoms with Crippen LogP contribution in [0.3, 0.4) is 0 Å². The number of allylic oxidation sites excluding steroid dienone is 1. The van der Waals surface area contributed by atoms with Crippen molar-refractivity contribution in [2.75, 3.05) is 27.9 Å². The van der Waals surface area contributed by atoms with Gasteiger partial charge in [0, 0.05) is 29.3 Å². The first-order valence-electron chi connectivity index (χ1n) is 12.8.